The lowest BCUT2D eigenvalue weighted by molar-refractivity contribution is 0.0660. The highest BCUT2D eigenvalue weighted by Crippen LogP contribution is 2.20. The first-order valence-electron chi connectivity index (χ1n) is 6.57. The van der Waals surface area contributed by atoms with Gasteiger partial charge >= 0.3 is 11.7 Å². The monoisotopic (exact) mass is 320 g/mol. The van der Waals surface area contributed by atoms with Crippen LogP contribution in [0, 0.1) is 0 Å². The van der Waals surface area contributed by atoms with Crippen LogP contribution in [0.3, 0.4) is 0 Å². The second-order valence-electron chi connectivity index (χ2n) is 4.70. The van der Waals surface area contributed by atoms with Crippen molar-refractivity contribution in [2.75, 3.05) is 0 Å². The number of carboxylic acid groups (broad SMARTS) is 1. The molecule has 0 saturated carbocycles. The van der Waals surface area contributed by atoms with Crippen LogP contribution >= 0.6 is 11.3 Å². The first-order chi connectivity index (χ1) is 10.5. The highest BCUT2D eigenvalue weighted by Gasteiger charge is 2.14. The standard InChI is InChI=1S/C14H12N2O5S/c1-2-8-5-9-11(22-8)15-14(20)16(12(9)17)6-7-3-4-10(21-7)13(18)19/h3-5H,2,6H2,1H3,(H,15,20)(H,18,19). The van der Waals surface area contributed by atoms with Crippen LogP contribution in [0.25, 0.3) is 10.2 Å². The summed E-state index contributed by atoms with van der Waals surface area (Å²) in [4.78, 5) is 39.5. The number of carboxylic acids is 1. The molecule has 3 aromatic heterocycles. The smallest absolute Gasteiger partial charge is 0.371 e. The van der Waals surface area contributed by atoms with E-state index < -0.39 is 17.2 Å². The third-order valence-corrected chi connectivity index (χ3v) is 4.45. The molecule has 3 heterocycles. The van der Waals surface area contributed by atoms with Crippen LogP contribution in [0.2, 0.25) is 0 Å². The molecule has 0 radical (unpaired) electrons. The summed E-state index contributed by atoms with van der Waals surface area (Å²) in [6, 6.07) is 4.49. The van der Waals surface area contributed by atoms with E-state index in [1.165, 1.54) is 23.5 Å². The van der Waals surface area contributed by atoms with Crippen LogP contribution < -0.4 is 11.2 Å². The van der Waals surface area contributed by atoms with Crippen molar-refractivity contribution in [1.29, 1.82) is 0 Å². The Hall–Kier alpha value is -2.61. The zero-order valence-corrected chi connectivity index (χ0v) is 12.4. The van der Waals surface area contributed by atoms with Crippen LogP contribution in [0.15, 0.2) is 32.2 Å². The number of nitrogens with one attached hydrogen (secondary N) is 1. The van der Waals surface area contributed by atoms with Gasteiger partial charge in [0.2, 0.25) is 5.76 Å². The van der Waals surface area contributed by atoms with E-state index in [4.69, 9.17) is 9.52 Å². The van der Waals surface area contributed by atoms with Crippen molar-refractivity contribution >= 4 is 27.5 Å². The number of aromatic nitrogens is 2. The number of furan rings is 1. The fourth-order valence-electron chi connectivity index (χ4n) is 2.15. The van der Waals surface area contributed by atoms with Crippen LogP contribution in [-0.2, 0) is 13.0 Å². The predicted octanol–water partition coefficient (Wildman–Crippen LogP) is 1.65. The van der Waals surface area contributed by atoms with Gasteiger partial charge in [0.25, 0.3) is 5.56 Å². The van der Waals surface area contributed by atoms with Gasteiger partial charge < -0.3 is 9.52 Å². The van der Waals surface area contributed by atoms with Gasteiger partial charge in [-0.05, 0) is 24.6 Å². The van der Waals surface area contributed by atoms with Gasteiger partial charge in [-0.15, -0.1) is 11.3 Å². The highest BCUT2D eigenvalue weighted by atomic mass is 32.1. The summed E-state index contributed by atoms with van der Waals surface area (Å²) in [6.07, 6.45) is 0.779. The SMILES string of the molecule is CCc1cc2c(=O)n(Cc3ccc(C(=O)O)o3)c(=O)[nH]c2s1. The van der Waals surface area contributed by atoms with Gasteiger partial charge in [-0.2, -0.15) is 0 Å². The van der Waals surface area contributed by atoms with Gasteiger partial charge in [-0.3, -0.25) is 14.3 Å². The number of aromatic amines is 1. The largest absolute Gasteiger partial charge is 0.475 e. The van der Waals surface area contributed by atoms with Crippen molar-refractivity contribution < 1.29 is 14.3 Å². The average molecular weight is 320 g/mol. The molecule has 0 aliphatic heterocycles. The van der Waals surface area contributed by atoms with Gasteiger partial charge in [0.05, 0.1) is 11.9 Å². The summed E-state index contributed by atoms with van der Waals surface area (Å²) in [5.74, 6) is -1.20. The van der Waals surface area contributed by atoms with Gasteiger partial charge in [-0.1, -0.05) is 6.92 Å². The molecule has 0 amide bonds. The van der Waals surface area contributed by atoms with E-state index in [1.54, 1.807) is 6.07 Å². The Labute approximate surface area is 127 Å². The molecule has 0 atom stereocenters. The normalized spacial score (nSPS) is 11.1. The molecule has 8 heteroatoms. The molecule has 3 aromatic rings. The first kappa shape index (κ1) is 14.3. The van der Waals surface area contributed by atoms with Crippen molar-refractivity contribution in [3.63, 3.8) is 0 Å². The van der Waals surface area contributed by atoms with Crippen LogP contribution in [-0.4, -0.2) is 20.6 Å². The molecular weight excluding hydrogens is 308 g/mol. The number of hydrogen-bond donors (Lipinski definition) is 2. The Balaban J connectivity index is 2.08. The summed E-state index contributed by atoms with van der Waals surface area (Å²) in [5.41, 5.74) is -0.960. The van der Waals surface area contributed by atoms with Gasteiger partial charge in [0.15, 0.2) is 0 Å². The maximum absolute atomic E-state index is 12.4. The number of rotatable bonds is 4. The number of thiophene rings is 1. The summed E-state index contributed by atoms with van der Waals surface area (Å²) in [5, 5.41) is 9.27. The van der Waals surface area contributed by atoms with Gasteiger partial charge in [-0.25, -0.2) is 9.59 Å². The molecule has 0 fully saturated rings. The molecule has 0 unspecified atom stereocenters. The molecular formula is C14H12N2O5S. The summed E-state index contributed by atoms with van der Waals surface area (Å²) >= 11 is 1.38. The number of aryl methyl sites for hydroxylation is 1. The minimum absolute atomic E-state index is 0.116. The summed E-state index contributed by atoms with van der Waals surface area (Å²) in [6.45, 7) is 1.85. The zero-order chi connectivity index (χ0) is 15.9. The van der Waals surface area contributed by atoms with Crippen LogP contribution in [0.4, 0.5) is 0 Å². The van der Waals surface area contributed by atoms with E-state index in [0.29, 0.717) is 10.2 Å². The Morgan fingerprint density at radius 1 is 1.41 bits per heavy atom. The van der Waals surface area contributed by atoms with Crippen LogP contribution in [0.1, 0.15) is 28.1 Å². The topological polar surface area (TPSA) is 105 Å². The van der Waals surface area contributed by atoms with Crippen molar-refractivity contribution in [2.45, 2.75) is 19.9 Å². The van der Waals surface area contributed by atoms with E-state index in [2.05, 4.69) is 4.98 Å². The summed E-state index contributed by atoms with van der Waals surface area (Å²) < 4.78 is 6.09. The van der Waals surface area contributed by atoms with Crippen molar-refractivity contribution in [3.05, 3.63) is 55.4 Å². The van der Waals surface area contributed by atoms with E-state index in [9.17, 15) is 14.4 Å². The Bertz CT molecular complexity index is 975. The second-order valence-corrected chi connectivity index (χ2v) is 5.84. The van der Waals surface area contributed by atoms with E-state index in [0.717, 1.165) is 15.9 Å². The lowest BCUT2D eigenvalue weighted by Crippen LogP contribution is -2.34. The Morgan fingerprint density at radius 3 is 2.82 bits per heavy atom. The average Bonchev–Trinajstić information content (AvgIpc) is 3.09. The molecule has 3 rings (SSSR count). The Kier molecular flexibility index (Phi) is 3.45. The number of carbonyl (C=O) groups is 1. The van der Waals surface area contributed by atoms with Crippen LogP contribution in [0.5, 0.6) is 0 Å². The minimum atomic E-state index is -1.20. The number of nitrogens with zero attached hydrogens (tertiary/aromatic N) is 1. The maximum Gasteiger partial charge on any atom is 0.371 e. The molecule has 114 valence electrons. The molecule has 0 aliphatic rings. The van der Waals surface area contributed by atoms with Crippen molar-refractivity contribution in [2.24, 2.45) is 0 Å². The number of hydrogen-bond acceptors (Lipinski definition) is 5. The predicted molar refractivity (Wildman–Crippen MR) is 80.9 cm³/mol. The quantitative estimate of drug-likeness (QED) is 0.760. The Morgan fingerprint density at radius 2 is 2.18 bits per heavy atom. The van der Waals surface area contributed by atoms with E-state index in [1.807, 2.05) is 6.92 Å². The molecule has 7 nitrogen and oxygen atoms in total. The molecule has 0 aromatic carbocycles. The van der Waals surface area contributed by atoms with E-state index >= 15 is 0 Å². The zero-order valence-electron chi connectivity index (χ0n) is 11.6. The number of H-pyrrole nitrogens is 1. The lowest BCUT2D eigenvalue weighted by Gasteiger charge is -2.02. The molecule has 0 saturated heterocycles. The summed E-state index contributed by atoms with van der Waals surface area (Å²) in [7, 11) is 0. The number of fused-ring (bicyclic) bond motifs is 1. The third kappa shape index (κ3) is 2.37. The minimum Gasteiger partial charge on any atom is -0.475 e. The van der Waals surface area contributed by atoms with Crippen molar-refractivity contribution in [1.82, 2.24) is 9.55 Å². The fraction of sp³-hybridized carbons (Fsp3) is 0.214. The molecule has 2 N–H and O–H groups in total. The van der Waals surface area contributed by atoms with E-state index in [-0.39, 0.29) is 18.1 Å². The first-order valence-corrected chi connectivity index (χ1v) is 7.38. The molecule has 0 spiro atoms. The number of aromatic carboxylic acids is 1. The maximum atomic E-state index is 12.4. The molecule has 22 heavy (non-hydrogen) atoms. The highest BCUT2D eigenvalue weighted by molar-refractivity contribution is 7.18. The molecule has 0 bridgehead atoms. The molecule has 0 aliphatic carbocycles. The second kappa shape index (κ2) is 5.30. The third-order valence-electron chi connectivity index (χ3n) is 3.26. The van der Waals surface area contributed by atoms with Crippen molar-refractivity contribution in [3.8, 4) is 0 Å². The lowest BCUT2D eigenvalue weighted by atomic mass is 10.3. The van der Waals surface area contributed by atoms with Gasteiger partial charge in [0.1, 0.15) is 10.6 Å². The fourth-order valence-corrected chi connectivity index (χ4v) is 3.13. The van der Waals surface area contributed by atoms with Gasteiger partial charge in [0, 0.05) is 4.88 Å².